The van der Waals surface area contributed by atoms with Crippen molar-refractivity contribution in [3.05, 3.63) is 35.9 Å². The number of aliphatic carboxylic acids is 3. The Bertz CT molecular complexity index is 1960. The summed E-state index contributed by atoms with van der Waals surface area (Å²) in [5.41, 5.74) is 0.356. The summed E-state index contributed by atoms with van der Waals surface area (Å²) in [6.07, 6.45) is -1.71. The Hall–Kier alpha value is -6.94. The van der Waals surface area contributed by atoms with Gasteiger partial charge in [-0.05, 0) is 55.6 Å². The zero-order valence-corrected chi connectivity index (χ0v) is 37.8. The van der Waals surface area contributed by atoms with Crippen molar-refractivity contribution in [1.29, 1.82) is 0 Å². The summed E-state index contributed by atoms with van der Waals surface area (Å²) in [6, 6.07) is -0.170. The maximum absolute atomic E-state index is 14.6. The molecular formula is C43H62N8O15. The number of hydrogen-bond donors (Lipinski definition) is 10. The van der Waals surface area contributed by atoms with Crippen molar-refractivity contribution < 1.29 is 72.9 Å². The molecule has 0 saturated carbocycles. The van der Waals surface area contributed by atoms with E-state index in [1.807, 2.05) is 5.32 Å². The molecule has 1 aromatic rings. The molecule has 66 heavy (non-hydrogen) atoms. The van der Waals surface area contributed by atoms with E-state index in [1.54, 1.807) is 65.0 Å². The lowest BCUT2D eigenvalue weighted by Crippen LogP contribution is -2.61. The summed E-state index contributed by atoms with van der Waals surface area (Å²) >= 11 is 0. The van der Waals surface area contributed by atoms with Gasteiger partial charge in [0.2, 0.25) is 41.2 Å². The van der Waals surface area contributed by atoms with Crippen LogP contribution < -0.4 is 37.2 Å². The first kappa shape index (κ1) is 55.2. The van der Waals surface area contributed by atoms with Crippen LogP contribution in [0.15, 0.2) is 30.3 Å². The van der Waals surface area contributed by atoms with Gasteiger partial charge in [-0.2, -0.15) is 0 Å². The number of nitrogens with one attached hydrogen (secondary N) is 7. The van der Waals surface area contributed by atoms with Crippen LogP contribution in [0.5, 0.6) is 0 Å². The summed E-state index contributed by atoms with van der Waals surface area (Å²) < 4.78 is 0. The normalized spacial score (nSPS) is 16.6. The Kier molecular flexibility index (Phi) is 22.4. The number of benzene rings is 1. The number of carboxylic acid groups (broad SMARTS) is 3. The number of rotatable bonds is 27. The molecule has 1 fully saturated rings. The highest BCUT2D eigenvalue weighted by Gasteiger charge is 2.44. The second-order valence-corrected chi connectivity index (χ2v) is 16.6. The molecule has 0 radical (unpaired) electrons. The summed E-state index contributed by atoms with van der Waals surface area (Å²) in [5.74, 6) is -13.8. The van der Waals surface area contributed by atoms with E-state index in [4.69, 9.17) is 10.2 Å². The van der Waals surface area contributed by atoms with Crippen LogP contribution in [0.4, 0.5) is 0 Å². The molecule has 2 rings (SSSR count). The predicted molar refractivity (Wildman–Crippen MR) is 232 cm³/mol. The molecule has 1 aliphatic heterocycles. The lowest BCUT2D eigenvalue weighted by molar-refractivity contribution is -0.145. The van der Waals surface area contributed by atoms with Crippen LogP contribution >= 0.6 is 0 Å². The van der Waals surface area contributed by atoms with Gasteiger partial charge in [-0.3, -0.25) is 57.5 Å². The van der Waals surface area contributed by atoms with E-state index in [-0.39, 0.29) is 32.4 Å². The van der Waals surface area contributed by atoms with E-state index < -0.39 is 151 Å². The van der Waals surface area contributed by atoms with Crippen molar-refractivity contribution >= 4 is 70.9 Å². The molecule has 1 heterocycles. The molecule has 23 heteroatoms. The molecule has 1 aromatic carbocycles. The molecule has 23 nitrogen and oxygen atoms in total. The Morgan fingerprint density at radius 3 is 1.71 bits per heavy atom. The van der Waals surface area contributed by atoms with Crippen LogP contribution in [0.1, 0.15) is 96.8 Å². The van der Waals surface area contributed by atoms with Crippen molar-refractivity contribution in [3.8, 4) is 0 Å². The number of amides is 8. The van der Waals surface area contributed by atoms with E-state index in [2.05, 4.69) is 31.9 Å². The van der Waals surface area contributed by atoms with Crippen LogP contribution in [-0.2, 0) is 52.7 Å². The van der Waals surface area contributed by atoms with E-state index in [1.165, 1.54) is 4.90 Å². The van der Waals surface area contributed by atoms with Crippen LogP contribution in [0.25, 0.3) is 0 Å². The van der Waals surface area contributed by atoms with Crippen molar-refractivity contribution in [2.45, 2.75) is 123 Å². The fourth-order valence-electron chi connectivity index (χ4n) is 7.03. The molecule has 0 aromatic heterocycles. The number of carbonyl (C=O) groups excluding carboxylic acids is 9. The van der Waals surface area contributed by atoms with Gasteiger partial charge in [-0.1, -0.05) is 59.2 Å². The third-order valence-electron chi connectivity index (χ3n) is 10.5. The van der Waals surface area contributed by atoms with Crippen LogP contribution in [0.3, 0.4) is 0 Å². The van der Waals surface area contributed by atoms with Crippen LogP contribution in [-0.4, -0.2) is 147 Å². The molecule has 0 bridgehead atoms. The number of hydrogen-bond acceptors (Lipinski definition) is 12. The molecule has 1 aliphatic rings. The molecule has 0 aliphatic carbocycles. The van der Waals surface area contributed by atoms with Gasteiger partial charge in [-0.15, -0.1) is 0 Å². The Morgan fingerprint density at radius 2 is 1.20 bits per heavy atom. The number of carboxylic acids is 3. The number of carbonyl (C=O) groups is 12. The highest BCUT2D eigenvalue weighted by Crippen LogP contribution is 2.26. The monoisotopic (exact) mass is 930 g/mol. The standard InChI is InChI=1S/C43H62N8O15/c1-7-11-27(36(59)42(65)45-20-33(57)58)47-40(63)30-18-25(19-44-37(60)26-12-9-8-10-13-26)21-51(30)43(66)35(23(4)5)50-41(64)34(22(2)3)49-39(62)29(15-17-32(55)56)48-38(61)28(46-24(6)52)14-16-31(53)54/h8-10,12-13,22-23,25,27-30,34-35H,7,11,14-21H2,1-6H3,(H,44,60)(H,45,65)(H,46,52)(H,47,63)(H,48,61)(H,49,62)(H,50,64)(H,53,54)(H,55,56)(H,57,58). The molecular weight excluding hydrogens is 869 g/mol. The van der Waals surface area contributed by atoms with Crippen molar-refractivity contribution in [1.82, 2.24) is 42.1 Å². The minimum atomic E-state index is -1.58. The minimum absolute atomic E-state index is 0.00106. The summed E-state index contributed by atoms with van der Waals surface area (Å²) in [7, 11) is 0. The quantitative estimate of drug-likeness (QED) is 0.0458. The highest BCUT2D eigenvalue weighted by molar-refractivity contribution is 6.38. The first-order chi connectivity index (χ1) is 31.0. The minimum Gasteiger partial charge on any atom is -0.481 e. The van der Waals surface area contributed by atoms with Gasteiger partial charge in [0.05, 0.1) is 6.04 Å². The van der Waals surface area contributed by atoms with Gasteiger partial charge in [0.15, 0.2) is 0 Å². The van der Waals surface area contributed by atoms with Gasteiger partial charge in [0, 0.05) is 38.4 Å². The molecule has 0 spiro atoms. The number of nitrogens with zero attached hydrogens (tertiary/aromatic N) is 1. The predicted octanol–water partition coefficient (Wildman–Crippen LogP) is -1.31. The Balaban J connectivity index is 2.43. The van der Waals surface area contributed by atoms with Crippen LogP contribution in [0.2, 0.25) is 0 Å². The van der Waals surface area contributed by atoms with Gasteiger partial charge in [0.25, 0.3) is 11.8 Å². The second kappa shape index (κ2) is 26.8. The van der Waals surface area contributed by atoms with E-state index in [0.29, 0.717) is 12.0 Å². The lowest BCUT2D eigenvalue weighted by atomic mass is 9.98. The van der Waals surface area contributed by atoms with E-state index in [0.717, 1.165) is 6.92 Å². The third-order valence-corrected chi connectivity index (χ3v) is 10.5. The Labute approximate surface area is 381 Å². The van der Waals surface area contributed by atoms with Gasteiger partial charge >= 0.3 is 17.9 Å². The number of Topliss-reactive ketones (excluding diaryl/α,β-unsaturated/α-hetero) is 1. The third kappa shape index (κ3) is 17.9. The summed E-state index contributed by atoms with van der Waals surface area (Å²) in [4.78, 5) is 155. The average Bonchev–Trinajstić information content (AvgIpc) is 3.69. The molecule has 7 unspecified atom stereocenters. The molecule has 7 atom stereocenters. The fraction of sp³-hybridized carbons (Fsp3) is 0.581. The van der Waals surface area contributed by atoms with Crippen LogP contribution in [0, 0.1) is 17.8 Å². The zero-order valence-electron chi connectivity index (χ0n) is 37.8. The van der Waals surface area contributed by atoms with Gasteiger partial charge in [0.1, 0.15) is 36.8 Å². The second-order valence-electron chi connectivity index (χ2n) is 16.6. The maximum atomic E-state index is 14.6. The number of likely N-dealkylation sites (tertiary alicyclic amines) is 1. The topological polar surface area (TPSA) is 353 Å². The first-order valence-corrected chi connectivity index (χ1v) is 21.6. The molecule has 8 amide bonds. The van der Waals surface area contributed by atoms with E-state index in [9.17, 15) is 62.6 Å². The molecule has 364 valence electrons. The summed E-state index contributed by atoms with van der Waals surface area (Å²) in [6.45, 7) is 8.14. The van der Waals surface area contributed by atoms with E-state index >= 15 is 0 Å². The maximum Gasteiger partial charge on any atom is 0.322 e. The molecule has 10 N–H and O–H groups in total. The lowest BCUT2D eigenvalue weighted by Gasteiger charge is -2.33. The highest BCUT2D eigenvalue weighted by atomic mass is 16.4. The van der Waals surface area contributed by atoms with Crippen molar-refractivity contribution in [3.63, 3.8) is 0 Å². The van der Waals surface area contributed by atoms with Gasteiger partial charge < -0.3 is 57.4 Å². The smallest absolute Gasteiger partial charge is 0.322 e. The van der Waals surface area contributed by atoms with Crippen molar-refractivity contribution in [2.24, 2.45) is 17.8 Å². The number of ketones is 1. The van der Waals surface area contributed by atoms with Gasteiger partial charge in [-0.25, -0.2) is 0 Å². The largest absolute Gasteiger partial charge is 0.481 e. The zero-order chi connectivity index (χ0) is 49.8. The summed E-state index contributed by atoms with van der Waals surface area (Å²) in [5, 5.41) is 44.5. The molecule has 1 saturated heterocycles. The average molecular weight is 931 g/mol. The first-order valence-electron chi connectivity index (χ1n) is 21.6. The Morgan fingerprint density at radius 1 is 0.652 bits per heavy atom. The SMILES string of the molecule is CCCC(NC(=O)C1CC(CNC(=O)c2ccccc2)CN1C(=O)C(NC(=O)C(NC(=O)C(CCC(=O)O)NC(=O)C(CCC(=O)O)NC(C)=O)C(C)C)C(C)C)C(=O)C(=O)NCC(=O)O. The van der Waals surface area contributed by atoms with Crippen molar-refractivity contribution in [2.75, 3.05) is 19.6 Å². The fourth-order valence-corrected chi connectivity index (χ4v) is 7.03.